The van der Waals surface area contributed by atoms with Crippen LogP contribution in [-0.2, 0) is 16.0 Å². The number of anilines is 1. The summed E-state index contributed by atoms with van der Waals surface area (Å²) in [6.45, 7) is 2.71. The standard InChI is InChI=1S/C22H27N3O3/c1-3-4-9-18-15-25(19-10-5-6-11-20(19)28-2)22(27)16-24(18)21(26)13-17-8-7-12-23-14-17/h5-8,10-12,14,18H,3-4,9,13,15-16H2,1-2H3. The minimum absolute atomic E-state index is 0.00765. The molecule has 0 saturated carbocycles. The zero-order valence-electron chi connectivity index (χ0n) is 16.5. The third-order valence-electron chi connectivity index (χ3n) is 5.11. The van der Waals surface area contributed by atoms with Crippen molar-refractivity contribution >= 4 is 17.5 Å². The molecule has 3 rings (SSSR count). The molecule has 6 nitrogen and oxygen atoms in total. The van der Waals surface area contributed by atoms with Gasteiger partial charge in [0.25, 0.3) is 0 Å². The number of aromatic nitrogens is 1. The van der Waals surface area contributed by atoms with E-state index in [1.165, 1.54) is 0 Å². The van der Waals surface area contributed by atoms with Crippen LogP contribution in [0.2, 0.25) is 0 Å². The number of amides is 2. The van der Waals surface area contributed by atoms with Crippen LogP contribution in [0.1, 0.15) is 31.7 Å². The summed E-state index contributed by atoms with van der Waals surface area (Å²) >= 11 is 0. The molecule has 1 fully saturated rings. The van der Waals surface area contributed by atoms with E-state index in [0.717, 1.165) is 30.5 Å². The van der Waals surface area contributed by atoms with Gasteiger partial charge in [-0.2, -0.15) is 0 Å². The molecule has 28 heavy (non-hydrogen) atoms. The van der Waals surface area contributed by atoms with Crippen molar-refractivity contribution in [3.63, 3.8) is 0 Å². The quantitative estimate of drug-likeness (QED) is 0.739. The van der Waals surface area contributed by atoms with Gasteiger partial charge in [-0.05, 0) is 30.2 Å². The number of pyridine rings is 1. The predicted molar refractivity (Wildman–Crippen MR) is 108 cm³/mol. The molecule has 6 heteroatoms. The summed E-state index contributed by atoms with van der Waals surface area (Å²) in [6.07, 6.45) is 6.57. The second-order valence-corrected chi connectivity index (χ2v) is 7.03. The lowest BCUT2D eigenvalue weighted by atomic mass is 10.0. The Morgan fingerprint density at radius 2 is 2.07 bits per heavy atom. The molecule has 2 heterocycles. The van der Waals surface area contributed by atoms with Gasteiger partial charge >= 0.3 is 0 Å². The van der Waals surface area contributed by atoms with Crippen molar-refractivity contribution in [1.29, 1.82) is 0 Å². The molecule has 1 aromatic carbocycles. The molecule has 0 bridgehead atoms. The van der Waals surface area contributed by atoms with Crippen molar-refractivity contribution in [2.75, 3.05) is 25.1 Å². The normalized spacial score (nSPS) is 16.9. The molecule has 0 radical (unpaired) electrons. The van der Waals surface area contributed by atoms with E-state index in [1.54, 1.807) is 29.3 Å². The van der Waals surface area contributed by atoms with Crippen LogP contribution < -0.4 is 9.64 Å². The van der Waals surface area contributed by atoms with E-state index in [4.69, 9.17) is 4.74 Å². The maximum Gasteiger partial charge on any atom is 0.246 e. The fourth-order valence-electron chi connectivity index (χ4n) is 3.61. The molecule has 1 aliphatic heterocycles. The first-order valence-corrected chi connectivity index (χ1v) is 9.75. The summed E-state index contributed by atoms with van der Waals surface area (Å²) in [4.78, 5) is 33.5. The minimum Gasteiger partial charge on any atom is -0.495 e. The number of unbranched alkanes of at least 4 members (excludes halogenated alkanes) is 1. The third kappa shape index (κ3) is 4.50. The molecule has 1 atom stereocenters. The van der Waals surface area contributed by atoms with Crippen LogP contribution in [0.4, 0.5) is 5.69 Å². The molecule has 0 aliphatic carbocycles. The van der Waals surface area contributed by atoms with Gasteiger partial charge in [0, 0.05) is 18.9 Å². The summed E-state index contributed by atoms with van der Waals surface area (Å²) in [5.41, 5.74) is 1.62. The number of carbonyl (C=O) groups is 2. The number of rotatable bonds is 7. The highest BCUT2D eigenvalue weighted by Gasteiger charge is 2.36. The van der Waals surface area contributed by atoms with Gasteiger partial charge in [-0.15, -0.1) is 0 Å². The molecule has 1 aliphatic rings. The number of piperazine rings is 1. The number of hydrogen-bond donors (Lipinski definition) is 0. The first-order chi connectivity index (χ1) is 13.6. The molecule has 1 saturated heterocycles. The van der Waals surface area contributed by atoms with Crippen LogP contribution in [0.5, 0.6) is 5.75 Å². The molecule has 0 spiro atoms. The largest absolute Gasteiger partial charge is 0.495 e. The number of ether oxygens (including phenoxy) is 1. The second kappa shape index (κ2) is 9.35. The number of nitrogens with zero attached hydrogens (tertiary/aromatic N) is 3. The molecular weight excluding hydrogens is 354 g/mol. The number of para-hydroxylation sites is 2. The monoisotopic (exact) mass is 381 g/mol. The number of methoxy groups -OCH3 is 1. The zero-order valence-corrected chi connectivity index (χ0v) is 16.5. The number of carbonyl (C=O) groups excluding carboxylic acids is 2. The number of benzene rings is 1. The van der Waals surface area contributed by atoms with Crippen molar-refractivity contribution in [1.82, 2.24) is 9.88 Å². The fraction of sp³-hybridized carbons (Fsp3) is 0.409. The Bertz CT molecular complexity index is 810. The van der Waals surface area contributed by atoms with Gasteiger partial charge in [0.15, 0.2) is 0 Å². The van der Waals surface area contributed by atoms with E-state index >= 15 is 0 Å². The van der Waals surface area contributed by atoms with Crippen molar-refractivity contribution < 1.29 is 14.3 Å². The van der Waals surface area contributed by atoms with Crippen molar-refractivity contribution in [2.24, 2.45) is 0 Å². The van der Waals surface area contributed by atoms with Crippen molar-refractivity contribution in [3.05, 3.63) is 54.4 Å². The third-order valence-corrected chi connectivity index (χ3v) is 5.11. The highest BCUT2D eigenvalue weighted by molar-refractivity contribution is 5.99. The van der Waals surface area contributed by atoms with E-state index in [1.807, 2.05) is 36.4 Å². The van der Waals surface area contributed by atoms with E-state index in [9.17, 15) is 9.59 Å². The van der Waals surface area contributed by atoms with Gasteiger partial charge in [-0.3, -0.25) is 14.6 Å². The molecule has 2 aromatic rings. The second-order valence-electron chi connectivity index (χ2n) is 7.03. The first kappa shape index (κ1) is 19.9. The Balaban J connectivity index is 1.81. The van der Waals surface area contributed by atoms with Gasteiger partial charge in [-0.1, -0.05) is 38.0 Å². The van der Waals surface area contributed by atoms with Gasteiger partial charge < -0.3 is 14.5 Å². The Hall–Kier alpha value is -2.89. The number of hydrogen-bond acceptors (Lipinski definition) is 4. The predicted octanol–water partition coefficient (Wildman–Crippen LogP) is 3.07. The van der Waals surface area contributed by atoms with Crippen molar-refractivity contribution in [2.45, 2.75) is 38.6 Å². The van der Waals surface area contributed by atoms with E-state index in [-0.39, 0.29) is 30.8 Å². The summed E-state index contributed by atoms with van der Waals surface area (Å²) in [5, 5.41) is 0. The lowest BCUT2D eigenvalue weighted by Gasteiger charge is -2.41. The highest BCUT2D eigenvalue weighted by atomic mass is 16.5. The van der Waals surface area contributed by atoms with Crippen LogP contribution in [0.3, 0.4) is 0 Å². The maximum absolute atomic E-state index is 13.0. The summed E-state index contributed by atoms with van der Waals surface area (Å²) < 4.78 is 5.44. The average Bonchev–Trinajstić information content (AvgIpc) is 2.73. The van der Waals surface area contributed by atoms with Gasteiger partial charge in [0.2, 0.25) is 11.8 Å². The fourth-order valence-corrected chi connectivity index (χ4v) is 3.61. The Labute approximate surface area is 166 Å². The van der Waals surface area contributed by atoms with E-state index < -0.39 is 0 Å². The summed E-state index contributed by atoms with van der Waals surface area (Å²) in [6, 6.07) is 11.2. The molecule has 2 amide bonds. The van der Waals surface area contributed by atoms with Crippen molar-refractivity contribution in [3.8, 4) is 5.75 Å². The lowest BCUT2D eigenvalue weighted by Crippen LogP contribution is -2.58. The zero-order chi connectivity index (χ0) is 19.9. The summed E-state index contributed by atoms with van der Waals surface area (Å²) in [7, 11) is 1.60. The lowest BCUT2D eigenvalue weighted by molar-refractivity contribution is -0.139. The molecular formula is C22H27N3O3. The van der Waals surface area contributed by atoms with Crippen LogP contribution >= 0.6 is 0 Å². The SMILES string of the molecule is CCCCC1CN(c2ccccc2OC)C(=O)CN1C(=O)Cc1cccnc1. The van der Waals surface area contributed by atoms with Crippen LogP contribution in [0, 0.1) is 0 Å². The minimum atomic E-state index is -0.0863. The summed E-state index contributed by atoms with van der Waals surface area (Å²) in [5.74, 6) is 0.555. The van der Waals surface area contributed by atoms with Crippen LogP contribution in [-0.4, -0.2) is 47.9 Å². The average molecular weight is 381 g/mol. The van der Waals surface area contributed by atoms with E-state index in [2.05, 4.69) is 11.9 Å². The molecule has 1 unspecified atom stereocenters. The Kier molecular flexibility index (Phi) is 6.63. The maximum atomic E-state index is 13.0. The molecule has 148 valence electrons. The topological polar surface area (TPSA) is 62.7 Å². The van der Waals surface area contributed by atoms with E-state index in [0.29, 0.717) is 12.3 Å². The highest BCUT2D eigenvalue weighted by Crippen LogP contribution is 2.31. The van der Waals surface area contributed by atoms with Crippen LogP contribution in [0.25, 0.3) is 0 Å². The smallest absolute Gasteiger partial charge is 0.246 e. The van der Waals surface area contributed by atoms with Gasteiger partial charge in [0.1, 0.15) is 12.3 Å². The van der Waals surface area contributed by atoms with Gasteiger partial charge in [0.05, 0.1) is 25.3 Å². The molecule has 1 aromatic heterocycles. The van der Waals surface area contributed by atoms with Gasteiger partial charge in [-0.25, -0.2) is 0 Å². The Morgan fingerprint density at radius 3 is 2.79 bits per heavy atom. The Morgan fingerprint density at radius 1 is 1.25 bits per heavy atom. The molecule has 0 N–H and O–H groups in total. The van der Waals surface area contributed by atoms with Crippen LogP contribution in [0.15, 0.2) is 48.8 Å². The first-order valence-electron chi connectivity index (χ1n) is 9.75.